The summed E-state index contributed by atoms with van der Waals surface area (Å²) in [4.78, 5) is 27.5. The van der Waals surface area contributed by atoms with E-state index in [1.54, 1.807) is 30.3 Å². The average Bonchev–Trinajstić information content (AvgIpc) is 3.00. The Morgan fingerprint density at radius 1 is 0.927 bits per heavy atom. The molecule has 210 valence electrons. The van der Waals surface area contributed by atoms with Crippen molar-refractivity contribution in [1.29, 1.82) is 5.26 Å². The maximum absolute atomic E-state index is 13.2. The van der Waals surface area contributed by atoms with E-state index in [4.69, 9.17) is 15.2 Å². The quantitative estimate of drug-likeness (QED) is 0.369. The van der Waals surface area contributed by atoms with E-state index in [1.165, 1.54) is 29.2 Å². The first-order valence-electron chi connectivity index (χ1n) is 12.5. The monoisotopic (exact) mass is 572 g/mol. The van der Waals surface area contributed by atoms with Crippen LogP contribution in [0.1, 0.15) is 17.0 Å². The summed E-state index contributed by atoms with van der Waals surface area (Å²) in [5.74, 6) is -2.88. The molecule has 3 aromatic carbocycles. The molecular weight excluding hydrogens is 544 g/mol. The van der Waals surface area contributed by atoms with Crippen LogP contribution in [0.25, 0.3) is 0 Å². The van der Waals surface area contributed by atoms with E-state index in [-0.39, 0.29) is 39.8 Å². The number of nitrogens with two attached hydrogens (primary N) is 1. The fraction of sp³-hybridized carbons (Fsp3) is 0.167. The van der Waals surface area contributed by atoms with Crippen molar-refractivity contribution in [1.82, 2.24) is 4.72 Å². The van der Waals surface area contributed by atoms with Crippen LogP contribution in [0, 0.1) is 11.3 Å². The number of nitrogens with zero attached hydrogens (tertiary/aromatic N) is 2. The summed E-state index contributed by atoms with van der Waals surface area (Å²) >= 11 is 0. The molecule has 1 atom stereocenters. The number of allylic oxidation sites excluding steroid dienone is 1. The topological polar surface area (TPSA) is 152 Å². The average molecular weight is 573 g/mol. The van der Waals surface area contributed by atoms with Crippen LogP contribution in [-0.2, 0) is 35.5 Å². The van der Waals surface area contributed by atoms with Gasteiger partial charge in [-0.1, -0.05) is 60.7 Å². The minimum Gasteiger partial charge on any atom is -0.466 e. The standard InChI is InChI=1S/C30H28N4O6S/c1-39-29(35)26-25(21-11-7-4-8-12-21)24(19-31)28(32)34(27(26)30(36)40-2)22-13-15-23(16-14-22)41(37,38)33-18-17-20-9-5-3-6-10-20/h3-16,25,33H,17-18,32H2,1-2H3. The molecule has 0 fully saturated rings. The van der Waals surface area contributed by atoms with Crippen molar-refractivity contribution in [2.75, 3.05) is 25.7 Å². The number of sulfonamides is 1. The van der Waals surface area contributed by atoms with Crippen molar-refractivity contribution in [3.8, 4) is 6.07 Å². The van der Waals surface area contributed by atoms with Gasteiger partial charge in [-0.25, -0.2) is 22.7 Å². The van der Waals surface area contributed by atoms with Gasteiger partial charge in [0, 0.05) is 12.2 Å². The van der Waals surface area contributed by atoms with Crippen molar-refractivity contribution in [2.24, 2.45) is 5.73 Å². The molecule has 0 bridgehead atoms. The molecule has 0 aromatic heterocycles. The zero-order valence-electron chi connectivity index (χ0n) is 22.4. The predicted molar refractivity (Wildman–Crippen MR) is 151 cm³/mol. The van der Waals surface area contributed by atoms with Crippen LogP contribution in [0.2, 0.25) is 0 Å². The third-order valence-electron chi connectivity index (χ3n) is 6.56. The van der Waals surface area contributed by atoms with Crippen LogP contribution < -0.4 is 15.4 Å². The van der Waals surface area contributed by atoms with E-state index < -0.39 is 27.9 Å². The summed E-state index contributed by atoms with van der Waals surface area (Å²) in [7, 11) is -1.55. The molecule has 4 rings (SSSR count). The fourth-order valence-electron chi connectivity index (χ4n) is 4.61. The van der Waals surface area contributed by atoms with E-state index >= 15 is 0 Å². The molecule has 0 saturated heterocycles. The molecule has 0 amide bonds. The number of ether oxygens (including phenoxy) is 2. The van der Waals surface area contributed by atoms with Crippen LogP contribution in [0.5, 0.6) is 0 Å². The zero-order valence-corrected chi connectivity index (χ0v) is 23.2. The van der Waals surface area contributed by atoms with Gasteiger partial charge >= 0.3 is 11.9 Å². The second kappa shape index (κ2) is 12.5. The lowest BCUT2D eigenvalue weighted by Crippen LogP contribution is -2.40. The summed E-state index contributed by atoms with van der Waals surface area (Å²) in [6, 6.07) is 25.7. The molecule has 1 aliphatic rings. The Morgan fingerprint density at radius 3 is 2.07 bits per heavy atom. The molecule has 3 N–H and O–H groups in total. The van der Waals surface area contributed by atoms with Crippen molar-refractivity contribution in [3.63, 3.8) is 0 Å². The van der Waals surface area contributed by atoms with E-state index in [2.05, 4.69) is 10.8 Å². The Hall–Kier alpha value is -4.92. The molecule has 11 heteroatoms. The Kier molecular flexibility index (Phi) is 8.87. The lowest BCUT2D eigenvalue weighted by Gasteiger charge is -2.35. The number of nitrogens with one attached hydrogen (secondary N) is 1. The minimum absolute atomic E-state index is 0.00327. The Labute approximate surface area is 238 Å². The molecule has 0 radical (unpaired) electrons. The van der Waals surface area contributed by atoms with Gasteiger partial charge in [-0.2, -0.15) is 5.26 Å². The van der Waals surface area contributed by atoms with Crippen LogP contribution in [-0.4, -0.2) is 41.1 Å². The van der Waals surface area contributed by atoms with Gasteiger partial charge in [-0.05, 0) is 41.8 Å². The summed E-state index contributed by atoms with van der Waals surface area (Å²) in [6.07, 6.45) is 0.510. The highest BCUT2D eigenvalue weighted by molar-refractivity contribution is 7.89. The highest BCUT2D eigenvalue weighted by Gasteiger charge is 2.43. The number of anilines is 1. The molecule has 1 heterocycles. The smallest absolute Gasteiger partial charge is 0.355 e. The Bertz CT molecular complexity index is 1640. The first kappa shape index (κ1) is 29.1. The highest BCUT2D eigenvalue weighted by atomic mass is 32.2. The van der Waals surface area contributed by atoms with Gasteiger partial charge in [0.05, 0.1) is 42.2 Å². The van der Waals surface area contributed by atoms with Crippen LogP contribution in [0.15, 0.2) is 112 Å². The maximum Gasteiger partial charge on any atom is 0.355 e. The molecular formula is C30H28N4O6S. The molecule has 0 aliphatic carbocycles. The third kappa shape index (κ3) is 5.99. The lowest BCUT2D eigenvalue weighted by atomic mass is 9.81. The lowest BCUT2D eigenvalue weighted by molar-refractivity contribution is -0.139. The number of hydrogen-bond donors (Lipinski definition) is 2. The van der Waals surface area contributed by atoms with Crippen molar-refractivity contribution >= 4 is 27.6 Å². The van der Waals surface area contributed by atoms with Gasteiger partial charge in [0.2, 0.25) is 10.0 Å². The molecule has 10 nitrogen and oxygen atoms in total. The van der Waals surface area contributed by atoms with E-state index in [0.29, 0.717) is 12.0 Å². The molecule has 41 heavy (non-hydrogen) atoms. The van der Waals surface area contributed by atoms with Crippen LogP contribution in [0.3, 0.4) is 0 Å². The largest absolute Gasteiger partial charge is 0.466 e. The van der Waals surface area contributed by atoms with E-state index in [1.807, 2.05) is 30.3 Å². The van der Waals surface area contributed by atoms with Gasteiger partial charge in [0.25, 0.3) is 0 Å². The molecule has 0 spiro atoms. The maximum atomic E-state index is 13.2. The molecule has 1 aliphatic heterocycles. The normalized spacial score (nSPS) is 15.3. The zero-order chi connectivity index (χ0) is 29.6. The summed E-state index contributed by atoms with van der Waals surface area (Å²) in [5.41, 5.74) is 7.85. The molecule has 1 unspecified atom stereocenters. The van der Waals surface area contributed by atoms with Gasteiger partial charge in [-0.3, -0.25) is 4.90 Å². The predicted octanol–water partition coefficient (Wildman–Crippen LogP) is 3.11. The summed E-state index contributed by atoms with van der Waals surface area (Å²) in [6.45, 7) is 0.194. The number of rotatable bonds is 9. The van der Waals surface area contributed by atoms with Crippen molar-refractivity contribution in [3.05, 3.63) is 119 Å². The Morgan fingerprint density at radius 2 is 1.51 bits per heavy atom. The van der Waals surface area contributed by atoms with E-state index in [9.17, 15) is 23.3 Å². The summed E-state index contributed by atoms with van der Waals surface area (Å²) in [5, 5.41) is 10.1. The number of benzene rings is 3. The number of hydrogen-bond acceptors (Lipinski definition) is 9. The van der Waals surface area contributed by atoms with Gasteiger partial charge in [0.15, 0.2) is 0 Å². The minimum atomic E-state index is -3.86. The second-order valence-corrected chi connectivity index (χ2v) is 10.7. The number of carbonyl (C=O) groups is 2. The molecule has 0 saturated carbocycles. The molecule has 3 aromatic rings. The van der Waals surface area contributed by atoms with Gasteiger partial charge < -0.3 is 15.2 Å². The third-order valence-corrected chi connectivity index (χ3v) is 8.04. The number of esters is 2. The first-order chi connectivity index (χ1) is 19.7. The number of methoxy groups -OCH3 is 2. The van der Waals surface area contributed by atoms with Crippen molar-refractivity contribution < 1.29 is 27.5 Å². The highest BCUT2D eigenvalue weighted by Crippen LogP contribution is 2.43. The van der Waals surface area contributed by atoms with Crippen molar-refractivity contribution in [2.45, 2.75) is 17.2 Å². The number of carbonyl (C=O) groups excluding carboxylic acids is 2. The van der Waals surface area contributed by atoms with Crippen LogP contribution in [0.4, 0.5) is 5.69 Å². The van der Waals surface area contributed by atoms with E-state index in [0.717, 1.165) is 19.8 Å². The Balaban J connectivity index is 1.75. The van der Waals surface area contributed by atoms with Crippen LogP contribution >= 0.6 is 0 Å². The number of nitriles is 1. The fourth-order valence-corrected chi connectivity index (χ4v) is 5.65. The summed E-state index contributed by atoms with van der Waals surface area (Å²) < 4.78 is 38.5. The van der Waals surface area contributed by atoms with Gasteiger partial charge in [0.1, 0.15) is 11.5 Å². The first-order valence-corrected chi connectivity index (χ1v) is 14.0. The second-order valence-electron chi connectivity index (χ2n) is 8.96. The van der Waals surface area contributed by atoms with Gasteiger partial charge in [-0.15, -0.1) is 0 Å². The SMILES string of the molecule is COC(=O)C1=C(C(=O)OC)N(c2ccc(S(=O)(=O)NCCc3ccccc3)cc2)C(N)=C(C#N)C1c1ccccc1.